The lowest BCUT2D eigenvalue weighted by Gasteiger charge is -2.21. The average Bonchev–Trinajstić information content (AvgIpc) is 3.23. The highest BCUT2D eigenvalue weighted by atomic mass is 16.4. The van der Waals surface area contributed by atoms with Gasteiger partial charge in [-0.05, 0) is 12.8 Å². The number of amides is 7. The molecule has 1 aliphatic heterocycles. The van der Waals surface area contributed by atoms with Gasteiger partial charge >= 0.3 is 5.97 Å². The molecule has 0 bridgehead atoms. The number of nitrogens with one attached hydrogen (secondary N) is 5. The van der Waals surface area contributed by atoms with Gasteiger partial charge in [0.15, 0.2) is 0 Å². The molecule has 36 heavy (non-hydrogen) atoms. The van der Waals surface area contributed by atoms with E-state index in [1.807, 2.05) is 5.32 Å². The molecule has 200 valence electrons. The van der Waals surface area contributed by atoms with E-state index in [2.05, 4.69) is 21.3 Å². The van der Waals surface area contributed by atoms with Gasteiger partial charge in [0.05, 0.1) is 19.6 Å². The summed E-state index contributed by atoms with van der Waals surface area (Å²) < 4.78 is 0. The maximum atomic E-state index is 12.5. The predicted molar refractivity (Wildman–Crippen MR) is 117 cm³/mol. The van der Waals surface area contributed by atoms with E-state index in [1.54, 1.807) is 0 Å². The number of aliphatic carboxylic acids is 1. The fourth-order valence-corrected chi connectivity index (χ4v) is 3.04. The van der Waals surface area contributed by atoms with Crippen molar-refractivity contribution in [2.75, 3.05) is 13.2 Å². The SMILES string of the molecule is NC(=O)CCC(NC(=O)C1CCC(=O)N1)C(=O)NCC(=O)NC(CO)C(=O)NC(CC(N)=O)C(=O)O. The third-order valence-electron chi connectivity index (χ3n) is 4.90. The Morgan fingerprint density at radius 1 is 0.944 bits per heavy atom. The Morgan fingerprint density at radius 3 is 2.11 bits per heavy atom. The van der Waals surface area contributed by atoms with E-state index in [0.717, 1.165) is 0 Å². The van der Waals surface area contributed by atoms with Gasteiger partial charge in [-0.25, -0.2) is 4.79 Å². The summed E-state index contributed by atoms with van der Waals surface area (Å²) in [5, 5.41) is 29.4. The van der Waals surface area contributed by atoms with Crippen LogP contribution in [-0.4, -0.2) is 94.9 Å². The smallest absolute Gasteiger partial charge is 0.326 e. The van der Waals surface area contributed by atoms with Crippen LogP contribution in [0.25, 0.3) is 0 Å². The highest BCUT2D eigenvalue weighted by Gasteiger charge is 2.31. The fourth-order valence-electron chi connectivity index (χ4n) is 3.04. The zero-order valence-electron chi connectivity index (χ0n) is 19.1. The second-order valence-corrected chi connectivity index (χ2v) is 7.82. The van der Waals surface area contributed by atoms with Gasteiger partial charge in [-0.2, -0.15) is 0 Å². The summed E-state index contributed by atoms with van der Waals surface area (Å²) in [6.45, 7) is -1.67. The zero-order chi connectivity index (χ0) is 27.4. The summed E-state index contributed by atoms with van der Waals surface area (Å²) in [4.78, 5) is 93.6. The van der Waals surface area contributed by atoms with Crippen LogP contribution in [0.1, 0.15) is 32.1 Å². The molecule has 0 saturated carbocycles. The van der Waals surface area contributed by atoms with Crippen molar-refractivity contribution < 1.29 is 48.6 Å². The van der Waals surface area contributed by atoms with Crippen LogP contribution in [0.3, 0.4) is 0 Å². The van der Waals surface area contributed by atoms with Gasteiger partial charge < -0.3 is 48.3 Å². The zero-order valence-corrected chi connectivity index (χ0v) is 19.1. The Hall–Kier alpha value is -4.28. The van der Waals surface area contributed by atoms with Crippen LogP contribution in [0.5, 0.6) is 0 Å². The van der Waals surface area contributed by atoms with Gasteiger partial charge in [0.2, 0.25) is 41.4 Å². The monoisotopic (exact) mass is 515 g/mol. The Balaban J connectivity index is 2.68. The molecule has 17 heteroatoms. The Labute approximate surface area is 204 Å². The Kier molecular flexibility index (Phi) is 11.7. The summed E-state index contributed by atoms with van der Waals surface area (Å²) in [6, 6.07) is -5.46. The molecule has 7 amide bonds. The van der Waals surface area contributed by atoms with Gasteiger partial charge in [0.25, 0.3) is 0 Å². The molecule has 0 aromatic heterocycles. The molecule has 4 unspecified atom stereocenters. The van der Waals surface area contributed by atoms with Gasteiger partial charge in [-0.1, -0.05) is 0 Å². The molecule has 4 atom stereocenters. The van der Waals surface area contributed by atoms with Crippen LogP contribution in [0.4, 0.5) is 0 Å². The van der Waals surface area contributed by atoms with Gasteiger partial charge in [0, 0.05) is 12.8 Å². The maximum absolute atomic E-state index is 12.5. The normalized spacial score (nSPS) is 17.0. The van der Waals surface area contributed by atoms with Gasteiger partial charge in [0.1, 0.15) is 24.2 Å². The second kappa shape index (κ2) is 14.2. The van der Waals surface area contributed by atoms with Crippen molar-refractivity contribution in [3.05, 3.63) is 0 Å². The van der Waals surface area contributed by atoms with E-state index in [1.165, 1.54) is 0 Å². The molecule has 1 fully saturated rings. The molecule has 0 aromatic carbocycles. The number of hydrogen-bond donors (Lipinski definition) is 9. The second-order valence-electron chi connectivity index (χ2n) is 7.82. The summed E-state index contributed by atoms with van der Waals surface area (Å²) in [5.74, 6) is -7.31. The number of primary amides is 2. The highest BCUT2D eigenvalue weighted by molar-refractivity contribution is 5.96. The van der Waals surface area contributed by atoms with Crippen LogP contribution in [0, 0.1) is 0 Å². The maximum Gasteiger partial charge on any atom is 0.326 e. The molecule has 1 aliphatic rings. The first-order valence-electron chi connectivity index (χ1n) is 10.7. The van der Waals surface area contributed by atoms with Crippen LogP contribution in [0.2, 0.25) is 0 Å². The van der Waals surface area contributed by atoms with Crippen molar-refractivity contribution in [2.45, 2.75) is 56.3 Å². The molecule has 17 nitrogen and oxygen atoms in total. The van der Waals surface area contributed by atoms with E-state index >= 15 is 0 Å². The lowest BCUT2D eigenvalue weighted by Crippen LogP contribution is -2.56. The van der Waals surface area contributed by atoms with Crippen molar-refractivity contribution in [1.82, 2.24) is 26.6 Å². The third-order valence-corrected chi connectivity index (χ3v) is 4.90. The van der Waals surface area contributed by atoms with Crippen molar-refractivity contribution in [3.8, 4) is 0 Å². The largest absolute Gasteiger partial charge is 0.480 e. The Morgan fingerprint density at radius 2 is 1.61 bits per heavy atom. The van der Waals surface area contributed by atoms with E-state index in [0.29, 0.717) is 0 Å². The van der Waals surface area contributed by atoms with E-state index in [-0.39, 0.29) is 31.6 Å². The first-order valence-corrected chi connectivity index (χ1v) is 10.7. The topological polar surface area (TPSA) is 289 Å². The summed E-state index contributed by atoms with van der Waals surface area (Å²) in [7, 11) is 0. The molecule has 1 saturated heterocycles. The van der Waals surface area contributed by atoms with Crippen LogP contribution >= 0.6 is 0 Å². The van der Waals surface area contributed by atoms with Crippen LogP contribution < -0.4 is 38.1 Å². The van der Waals surface area contributed by atoms with E-state index in [9.17, 15) is 43.5 Å². The molecule has 0 aromatic rings. The number of carboxylic acid groups (broad SMARTS) is 1. The van der Waals surface area contributed by atoms with E-state index < -0.39 is 85.2 Å². The molecule has 0 spiro atoms. The van der Waals surface area contributed by atoms with Crippen molar-refractivity contribution in [3.63, 3.8) is 0 Å². The third kappa shape index (κ3) is 10.3. The quantitative estimate of drug-likeness (QED) is 0.0994. The summed E-state index contributed by atoms with van der Waals surface area (Å²) in [5.41, 5.74) is 10.00. The molecule has 0 aliphatic carbocycles. The molecular formula is C19H29N7O10. The highest BCUT2D eigenvalue weighted by Crippen LogP contribution is 2.08. The molecule has 0 radical (unpaired) electrons. The lowest BCUT2D eigenvalue weighted by atomic mass is 10.1. The number of hydrogen-bond acceptors (Lipinski definition) is 9. The van der Waals surface area contributed by atoms with Crippen LogP contribution in [0.15, 0.2) is 0 Å². The number of aliphatic hydroxyl groups excluding tert-OH is 1. The number of carboxylic acids is 1. The van der Waals surface area contributed by atoms with Gasteiger partial charge in [-0.15, -0.1) is 0 Å². The minimum absolute atomic E-state index is 0.131. The van der Waals surface area contributed by atoms with Crippen molar-refractivity contribution >= 4 is 47.3 Å². The number of nitrogens with two attached hydrogens (primary N) is 2. The number of rotatable bonds is 15. The molecule has 1 rings (SSSR count). The summed E-state index contributed by atoms with van der Waals surface area (Å²) in [6.07, 6.45) is -0.861. The predicted octanol–water partition coefficient (Wildman–Crippen LogP) is -5.95. The molecule has 11 N–H and O–H groups in total. The first-order chi connectivity index (χ1) is 16.8. The van der Waals surface area contributed by atoms with Crippen LogP contribution in [-0.2, 0) is 38.4 Å². The van der Waals surface area contributed by atoms with E-state index in [4.69, 9.17) is 16.6 Å². The standard InChI is InChI=1S/C19H29N7O10/c20-12(28)3-1-8(25-17(33)9-2-4-14(30)23-9)16(32)22-6-15(31)24-11(7-27)18(34)26-10(19(35)36)5-13(21)29/h8-11,27H,1-7H2,(H2,20,28)(H2,21,29)(H,22,32)(H,23,30)(H,24,31)(H,25,33)(H,26,34)(H,35,36). The minimum Gasteiger partial charge on any atom is -0.480 e. The molecular weight excluding hydrogens is 486 g/mol. The van der Waals surface area contributed by atoms with Gasteiger partial charge in [-0.3, -0.25) is 33.6 Å². The number of carbonyl (C=O) groups is 8. The number of aliphatic hydroxyl groups is 1. The van der Waals surface area contributed by atoms with Crippen molar-refractivity contribution in [1.29, 1.82) is 0 Å². The summed E-state index contributed by atoms with van der Waals surface area (Å²) >= 11 is 0. The minimum atomic E-state index is -1.69. The van der Waals surface area contributed by atoms with Crippen molar-refractivity contribution in [2.24, 2.45) is 11.5 Å². The molecule has 1 heterocycles. The average molecular weight is 515 g/mol. The fraction of sp³-hybridized carbons (Fsp3) is 0.579. The first kappa shape index (κ1) is 29.8. The Bertz CT molecular complexity index is 909. The lowest BCUT2D eigenvalue weighted by molar-refractivity contribution is -0.144. The number of carbonyl (C=O) groups excluding carboxylic acids is 7.